The summed E-state index contributed by atoms with van der Waals surface area (Å²) in [4.78, 5) is 17.3. The van der Waals surface area contributed by atoms with Crippen LogP contribution in [-0.4, -0.2) is 26.2 Å². The van der Waals surface area contributed by atoms with Crippen molar-refractivity contribution >= 4 is 23.2 Å². The SMILES string of the molecule is CC(C)C1(O)CC2(CC(c3ncn(C)c3C(=O)Nc3ccc(F)c(Cl)c3)C2)C1. The largest absolute Gasteiger partial charge is 0.390 e. The van der Waals surface area contributed by atoms with E-state index in [0.29, 0.717) is 11.4 Å². The average Bonchev–Trinajstić information content (AvgIpc) is 2.94. The Morgan fingerprint density at radius 1 is 1.39 bits per heavy atom. The third-order valence-corrected chi connectivity index (χ3v) is 6.83. The summed E-state index contributed by atoms with van der Waals surface area (Å²) in [5.74, 6) is -0.334. The van der Waals surface area contributed by atoms with Gasteiger partial charge in [-0.1, -0.05) is 25.4 Å². The molecule has 4 rings (SSSR count). The van der Waals surface area contributed by atoms with Crippen molar-refractivity contribution in [2.75, 3.05) is 5.32 Å². The van der Waals surface area contributed by atoms with Gasteiger partial charge in [-0.25, -0.2) is 9.37 Å². The molecule has 1 aromatic carbocycles. The predicted octanol–water partition coefficient (Wildman–Crippen LogP) is 4.51. The molecule has 0 radical (unpaired) electrons. The van der Waals surface area contributed by atoms with E-state index in [-0.39, 0.29) is 28.2 Å². The van der Waals surface area contributed by atoms with E-state index < -0.39 is 11.4 Å². The number of rotatable bonds is 4. The summed E-state index contributed by atoms with van der Waals surface area (Å²) in [5.41, 5.74) is 1.39. The van der Waals surface area contributed by atoms with Gasteiger partial charge < -0.3 is 15.0 Å². The summed E-state index contributed by atoms with van der Waals surface area (Å²) in [5, 5.41) is 13.3. The second kappa shape index (κ2) is 6.56. The van der Waals surface area contributed by atoms with Gasteiger partial charge in [0.2, 0.25) is 0 Å². The number of hydrogen-bond acceptors (Lipinski definition) is 3. The maximum Gasteiger partial charge on any atom is 0.274 e. The van der Waals surface area contributed by atoms with Crippen LogP contribution < -0.4 is 5.32 Å². The molecule has 1 spiro atoms. The molecule has 2 saturated carbocycles. The number of amides is 1. The Bertz CT molecular complexity index is 926. The van der Waals surface area contributed by atoms with Crippen molar-refractivity contribution in [1.82, 2.24) is 9.55 Å². The van der Waals surface area contributed by atoms with Gasteiger partial charge in [0.25, 0.3) is 5.91 Å². The molecule has 1 aromatic heterocycles. The topological polar surface area (TPSA) is 67.2 Å². The summed E-state index contributed by atoms with van der Waals surface area (Å²) in [6, 6.07) is 4.10. The first-order valence-corrected chi connectivity index (χ1v) is 10.0. The molecule has 0 aliphatic heterocycles. The standard InChI is InChI=1S/C21H25ClFN3O2/c1-12(2)21(28)9-20(10-21)7-13(8-20)17-18(26(3)11-24-17)19(27)25-14-4-5-16(23)15(22)6-14/h4-6,11-13,28H,7-10H2,1-3H3,(H,25,27). The summed E-state index contributed by atoms with van der Waals surface area (Å²) in [6.07, 6.45) is 5.20. The second-order valence-corrected chi connectivity index (χ2v) is 9.30. The molecule has 2 aromatic rings. The number of hydrogen-bond donors (Lipinski definition) is 2. The zero-order valence-corrected chi connectivity index (χ0v) is 17.1. The number of halogens is 2. The van der Waals surface area contributed by atoms with E-state index in [9.17, 15) is 14.3 Å². The van der Waals surface area contributed by atoms with Crippen LogP contribution in [0.2, 0.25) is 5.02 Å². The molecule has 150 valence electrons. The number of aliphatic hydroxyl groups is 1. The van der Waals surface area contributed by atoms with Crippen LogP contribution in [-0.2, 0) is 7.05 Å². The molecular weight excluding hydrogens is 381 g/mol. The lowest BCUT2D eigenvalue weighted by Gasteiger charge is -2.62. The van der Waals surface area contributed by atoms with Gasteiger partial charge in [0.1, 0.15) is 11.5 Å². The lowest BCUT2D eigenvalue weighted by molar-refractivity contribution is -0.192. The Hall–Kier alpha value is -1.92. The van der Waals surface area contributed by atoms with Crippen LogP contribution >= 0.6 is 11.6 Å². The van der Waals surface area contributed by atoms with Gasteiger partial charge in [-0.3, -0.25) is 4.79 Å². The van der Waals surface area contributed by atoms with Gasteiger partial charge in [0.05, 0.1) is 22.6 Å². The van der Waals surface area contributed by atoms with Crippen molar-refractivity contribution in [2.45, 2.75) is 51.0 Å². The van der Waals surface area contributed by atoms with Crippen LogP contribution in [0.3, 0.4) is 0 Å². The van der Waals surface area contributed by atoms with Crippen LogP contribution in [0.4, 0.5) is 10.1 Å². The van der Waals surface area contributed by atoms with Crippen LogP contribution in [0.25, 0.3) is 0 Å². The zero-order valence-electron chi connectivity index (χ0n) is 16.3. The Labute approximate surface area is 168 Å². The monoisotopic (exact) mass is 405 g/mol. The predicted molar refractivity (Wildman–Crippen MR) is 106 cm³/mol. The van der Waals surface area contributed by atoms with Gasteiger partial charge in [-0.2, -0.15) is 0 Å². The summed E-state index contributed by atoms with van der Waals surface area (Å²) < 4.78 is 15.1. The van der Waals surface area contributed by atoms with E-state index in [1.807, 2.05) is 0 Å². The van der Waals surface area contributed by atoms with Crippen molar-refractivity contribution in [3.8, 4) is 0 Å². The minimum atomic E-state index is -0.545. The Kier molecular flexibility index (Phi) is 4.55. The Balaban J connectivity index is 1.47. The Morgan fingerprint density at radius 3 is 2.68 bits per heavy atom. The third kappa shape index (κ3) is 3.12. The first-order valence-electron chi connectivity index (χ1n) is 9.62. The summed E-state index contributed by atoms with van der Waals surface area (Å²) in [7, 11) is 1.79. The number of benzene rings is 1. The molecule has 1 heterocycles. The molecule has 0 atom stereocenters. The molecule has 5 nitrogen and oxygen atoms in total. The van der Waals surface area contributed by atoms with Crippen LogP contribution in [0.15, 0.2) is 24.5 Å². The maximum absolute atomic E-state index is 13.3. The highest BCUT2D eigenvalue weighted by molar-refractivity contribution is 6.31. The molecule has 2 aliphatic carbocycles. The number of anilines is 1. The van der Waals surface area contributed by atoms with E-state index in [2.05, 4.69) is 24.1 Å². The third-order valence-electron chi connectivity index (χ3n) is 6.54. The highest BCUT2D eigenvalue weighted by Gasteiger charge is 2.61. The number of carbonyl (C=O) groups excluding carboxylic acids is 1. The number of nitrogens with zero attached hydrogens (tertiary/aromatic N) is 2. The molecule has 7 heteroatoms. The van der Waals surface area contributed by atoms with E-state index in [0.717, 1.165) is 31.4 Å². The van der Waals surface area contributed by atoms with Gasteiger partial charge in [0.15, 0.2) is 0 Å². The fourth-order valence-corrected chi connectivity index (χ4v) is 5.09. The smallest absolute Gasteiger partial charge is 0.274 e. The van der Waals surface area contributed by atoms with E-state index >= 15 is 0 Å². The maximum atomic E-state index is 13.3. The average molecular weight is 406 g/mol. The molecule has 2 fully saturated rings. The number of imidazole rings is 1. The number of aromatic nitrogens is 2. The fourth-order valence-electron chi connectivity index (χ4n) is 4.91. The van der Waals surface area contributed by atoms with Gasteiger partial charge in [-0.15, -0.1) is 0 Å². The number of aryl methyl sites for hydroxylation is 1. The van der Waals surface area contributed by atoms with E-state index in [4.69, 9.17) is 11.6 Å². The Morgan fingerprint density at radius 2 is 2.07 bits per heavy atom. The van der Waals surface area contributed by atoms with Gasteiger partial charge >= 0.3 is 0 Å². The zero-order chi connectivity index (χ0) is 20.3. The quantitative estimate of drug-likeness (QED) is 0.786. The van der Waals surface area contributed by atoms with E-state index in [1.54, 1.807) is 17.9 Å². The molecule has 1 amide bonds. The molecular formula is C21H25ClFN3O2. The molecule has 28 heavy (non-hydrogen) atoms. The molecule has 0 saturated heterocycles. The van der Waals surface area contributed by atoms with Crippen molar-refractivity contribution in [1.29, 1.82) is 0 Å². The summed E-state index contributed by atoms with van der Waals surface area (Å²) >= 11 is 5.80. The normalized spacial score (nSPS) is 28.9. The van der Waals surface area contributed by atoms with Crippen LogP contribution in [0.1, 0.15) is 61.6 Å². The molecule has 2 N–H and O–H groups in total. The lowest BCUT2D eigenvalue weighted by Crippen LogP contribution is -2.59. The summed E-state index contributed by atoms with van der Waals surface area (Å²) in [6.45, 7) is 4.12. The van der Waals surface area contributed by atoms with Crippen molar-refractivity contribution in [3.05, 3.63) is 46.8 Å². The number of nitrogens with one attached hydrogen (secondary N) is 1. The molecule has 0 bridgehead atoms. The van der Waals surface area contributed by atoms with Crippen molar-refractivity contribution in [3.63, 3.8) is 0 Å². The van der Waals surface area contributed by atoms with Crippen molar-refractivity contribution < 1.29 is 14.3 Å². The highest BCUT2D eigenvalue weighted by atomic mass is 35.5. The highest BCUT2D eigenvalue weighted by Crippen LogP contribution is 2.66. The fraction of sp³-hybridized carbons (Fsp3) is 0.524. The molecule has 2 aliphatic rings. The van der Waals surface area contributed by atoms with E-state index in [1.165, 1.54) is 18.2 Å². The first kappa shape index (κ1) is 19.4. The number of carbonyl (C=O) groups is 1. The minimum Gasteiger partial charge on any atom is -0.390 e. The van der Waals surface area contributed by atoms with Gasteiger partial charge in [0, 0.05) is 18.7 Å². The molecule has 0 unspecified atom stereocenters. The second-order valence-electron chi connectivity index (χ2n) is 8.89. The van der Waals surface area contributed by atoms with Gasteiger partial charge in [-0.05, 0) is 55.2 Å². The van der Waals surface area contributed by atoms with Crippen LogP contribution in [0, 0.1) is 17.2 Å². The lowest BCUT2D eigenvalue weighted by atomic mass is 9.44. The first-order chi connectivity index (χ1) is 13.1. The van der Waals surface area contributed by atoms with Crippen molar-refractivity contribution in [2.24, 2.45) is 18.4 Å². The minimum absolute atomic E-state index is 0.0356. The van der Waals surface area contributed by atoms with Crippen LogP contribution in [0.5, 0.6) is 0 Å².